The molecular formula is C37H35ClF5N3O6S. The highest BCUT2D eigenvalue weighted by molar-refractivity contribution is 7.21. The maximum absolute atomic E-state index is 16.3. The van der Waals surface area contributed by atoms with Crippen LogP contribution in [-0.2, 0) is 20.3 Å². The van der Waals surface area contributed by atoms with E-state index >= 15 is 8.78 Å². The van der Waals surface area contributed by atoms with E-state index < -0.39 is 47.3 Å². The highest BCUT2D eigenvalue weighted by atomic mass is 35.5. The smallest absolute Gasteiger partial charge is 0.490 e. The third-order valence-electron chi connectivity index (χ3n) is 8.95. The number of amides is 2. The molecule has 53 heavy (non-hydrogen) atoms. The fourth-order valence-corrected chi connectivity index (χ4v) is 7.16. The third-order valence-corrected chi connectivity index (χ3v) is 10.3. The molecule has 0 unspecified atom stereocenters. The molecule has 1 aromatic heterocycles. The fraction of sp³-hybridized carbons (Fsp3) is 0.351. The molecule has 0 spiro atoms. The number of carboxylic acids is 1. The Bertz CT molecular complexity index is 1940. The molecule has 1 aliphatic carbocycles. The molecule has 1 saturated heterocycles. The number of fused-ring (bicyclic) bond motifs is 1. The summed E-state index contributed by atoms with van der Waals surface area (Å²) < 4.78 is 71.1. The van der Waals surface area contributed by atoms with Gasteiger partial charge in [-0.2, -0.15) is 22.0 Å². The molecule has 1 saturated carbocycles. The molecule has 16 heteroatoms. The van der Waals surface area contributed by atoms with Crippen LogP contribution >= 0.6 is 22.9 Å². The fourth-order valence-electron chi connectivity index (χ4n) is 6.01. The van der Waals surface area contributed by atoms with Crippen molar-refractivity contribution in [2.75, 3.05) is 13.1 Å². The SMILES string of the molecule is NC1CCN(C(=O)[C@H](NC(=O)C(=O)c2cc3ccc(OC4CCCC4)cc3s2)C(F)(F)c2ccc(-c3ccc(Cl)cc3)cc2)CC1.O=C(O)C(F)(F)F. The largest absolute Gasteiger partial charge is 0.490 e. The highest BCUT2D eigenvalue weighted by Crippen LogP contribution is 2.36. The van der Waals surface area contributed by atoms with Gasteiger partial charge in [-0.15, -0.1) is 11.3 Å². The Morgan fingerprint density at radius 2 is 1.43 bits per heavy atom. The van der Waals surface area contributed by atoms with Gasteiger partial charge in [-0.05, 0) is 91.4 Å². The Morgan fingerprint density at radius 3 is 2.00 bits per heavy atom. The van der Waals surface area contributed by atoms with Crippen molar-refractivity contribution in [1.82, 2.24) is 10.2 Å². The van der Waals surface area contributed by atoms with Crippen LogP contribution in [-0.4, -0.2) is 71.0 Å². The van der Waals surface area contributed by atoms with E-state index in [1.165, 1.54) is 29.2 Å². The lowest BCUT2D eigenvalue weighted by molar-refractivity contribution is -0.192. The van der Waals surface area contributed by atoms with Gasteiger partial charge in [0.2, 0.25) is 0 Å². The summed E-state index contributed by atoms with van der Waals surface area (Å²) >= 11 is 7.05. The number of ether oxygens (including phenoxy) is 1. The number of rotatable bonds is 9. The van der Waals surface area contributed by atoms with Crippen molar-refractivity contribution in [3.8, 4) is 16.9 Å². The van der Waals surface area contributed by atoms with E-state index in [1.807, 2.05) is 12.1 Å². The van der Waals surface area contributed by atoms with Crippen molar-refractivity contribution in [1.29, 1.82) is 0 Å². The summed E-state index contributed by atoms with van der Waals surface area (Å²) in [5.74, 6) is -9.15. The van der Waals surface area contributed by atoms with E-state index in [0.29, 0.717) is 29.2 Å². The van der Waals surface area contributed by atoms with Gasteiger partial charge in [0.25, 0.3) is 17.6 Å². The number of hydrogen-bond donors (Lipinski definition) is 3. The second-order valence-corrected chi connectivity index (χ2v) is 14.3. The monoisotopic (exact) mass is 779 g/mol. The predicted molar refractivity (Wildman–Crippen MR) is 189 cm³/mol. The van der Waals surface area contributed by atoms with Crippen molar-refractivity contribution in [2.45, 2.75) is 68.8 Å². The Morgan fingerprint density at radius 1 is 0.868 bits per heavy atom. The number of carboxylic acid groups (broad SMARTS) is 1. The predicted octanol–water partition coefficient (Wildman–Crippen LogP) is 7.59. The molecule has 1 atom stereocenters. The zero-order valence-corrected chi connectivity index (χ0v) is 29.6. The standard InChI is InChI=1S/C35H34ClF2N3O4S.C2HF3O2/c36-25-12-7-22(8-13-25)21-5-10-24(11-6-21)35(37,38)32(34(44)41-17-15-26(39)16-18-41)40-33(43)31(42)30-19-23-9-14-28(20-29(23)46-30)45-27-3-1-2-4-27;3-2(4,5)1(6)7/h5-14,19-20,26-27,32H,1-4,15-18,39H2,(H,40,43);(H,6,7)/t32-;/m0./s1. The van der Waals surface area contributed by atoms with E-state index in [2.05, 4.69) is 5.32 Å². The van der Waals surface area contributed by atoms with E-state index in [4.69, 9.17) is 32.0 Å². The van der Waals surface area contributed by atoms with Gasteiger partial charge >= 0.3 is 18.1 Å². The summed E-state index contributed by atoms with van der Waals surface area (Å²) in [6.45, 7) is 0.348. The number of thiophene rings is 1. The van der Waals surface area contributed by atoms with Gasteiger partial charge in [0.05, 0.1) is 11.0 Å². The van der Waals surface area contributed by atoms with Crippen molar-refractivity contribution in [3.63, 3.8) is 0 Å². The molecule has 4 aromatic rings. The quantitative estimate of drug-likeness (QED) is 0.0905. The van der Waals surface area contributed by atoms with E-state index in [-0.39, 0.29) is 30.1 Å². The van der Waals surface area contributed by atoms with Crippen LogP contribution < -0.4 is 15.8 Å². The van der Waals surface area contributed by atoms with Crippen LogP contribution in [0.3, 0.4) is 0 Å². The summed E-state index contributed by atoms with van der Waals surface area (Å²) in [4.78, 5) is 50.5. The average molecular weight is 780 g/mol. The Labute approximate surface area is 309 Å². The van der Waals surface area contributed by atoms with Crippen LogP contribution in [0.25, 0.3) is 21.2 Å². The molecule has 9 nitrogen and oxygen atoms in total. The molecule has 2 amide bonds. The molecule has 6 rings (SSSR count). The third kappa shape index (κ3) is 9.89. The number of likely N-dealkylation sites (tertiary alicyclic amines) is 1. The van der Waals surface area contributed by atoms with Crippen LogP contribution in [0, 0.1) is 0 Å². The number of nitrogens with two attached hydrogens (primary N) is 1. The maximum atomic E-state index is 16.3. The molecule has 0 radical (unpaired) electrons. The summed E-state index contributed by atoms with van der Waals surface area (Å²) in [5, 5.41) is 10.5. The number of ketones is 1. The van der Waals surface area contributed by atoms with Crippen LogP contribution in [0.1, 0.15) is 53.8 Å². The van der Waals surface area contributed by atoms with Gasteiger partial charge in [-0.1, -0.05) is 48.0 Å². The number of nitrogens with zero attached hydrogens (tertiary/aromatic N) is 1. The molecule has 4 N–H and O–H groups in total. The first kappa shape index (κ1) is 39.6. The van der Waals surface area contributed by atoms with Crippen LogP contribution in [0.15, 0.2) is 72.8 Å². The molecule has 282 valence electrons. The Hall–Kier alpha value is -4.60. The number of carbonyl (C=O) groups is 4. The number of piperidine rings is 1. The van der Waals surface area contributed by atoms with E-state index in [1.54, 1.807) is 36.4 Å². The first-order chi connectivity index (χ1) is 25.0. The topological polar surface area (TPSA) is 139 Å². The zero-order chi connectivity index (χ0) is 38.5. The minimum absolute atomic E-state index is 0.0799. The minimum Gasteiger partial charge on any atom is -0.490 e. The zero-order valence-electron chi connectivity index (χ0n) is 28.0. The van der Waals surface area contributed by atoms with Gasteiger partial charge < -0.3 is 25.8 Å². The van der Waals surface area contributed by atoms with Crippen LogP contribution in [0.2, 0.25) is 5.02 Å². The van der Waals surface area contributed by atoms with Gasteiger partial charge in [0.15, 0.2) is 6.04 Å². The lowest BCUT2D eigenvalue weighted by atomic mass is 9.95. The van der Waals surface area contributed by atoms with Crippen molar-refractivity contribution >= 4 is 56.6 Å². The van der Waals surface area contributed by atoms with Crippen LogP contribution in [0.4, 0.5) is 22.0 Å². The summed E-state index contributed by atoms with van der Waals surface area (Å²) in [6.07, 6.45) is 0.206. The van der Waals surface area contributed by atoms with Crippen molar-refractivity contribution < 1.29 is 51.0 Å². The number of Topliss-reactive ketones (excluding diaryl/α,β-unsaturated/α-hetero) is 1. The van der Waals surface area contributed by atoms with Gasteiger partial charge in [-0.3, -0.25) is 14.4 Å². The number of halogens is 6. The number of hydrogen-bond acceptors (Lipinski definition) is 7. The summed E-state index contributed by atoms with van der Waals surface area (Å²) in [5.41, 5.74) is 6.95. The molecule has 0 bridgehead atoms. The molecule has 3 aromatic carbocycles. The first-order valence-electron chi connectivity index (χ1n) is 16.7. The number of nitrogens with one attached hydrogen (secondary N) is 1. The molecule has 2 fully saturated rings. The maximum Gasteiger partial charge on any atom is 0.490 e. The lowest BCUT2D eigenvalue weighted by Gasteiger charge is -2.35. The van der Waals surface area contributed by atoms with Gasteiger partial charge in [0, 0.05) is 34.4 Å². The molecule has 2 heterocycles. The average Bonchev–Trinajstić information content (AvgIpc) is 3.80. The summed E-state index contributed by atoms with van der Waals surface area (Å²) in [7, 11) is 0. The number of benzene rings is 3. The molecule has 1 aliphatic heterocycles. The molecular weight excluding hydrogens is 745 g/mol. The van der Waals surface area contributed by atoms with E-state index in [9.17, 15) is 27.6 Å². The van der Waals surface area contributed by atoms with E-state index in [0.717, 1.165) is 52.7 Å². The van der Waals surface area contributed by atoms with Gasteiger partial charge in [0.1, 0.15) is 5.75 Å². The van der Waals surface area contributed by atoms with Crippen molar-refractivity contribution in [2.24, 2.45) is 5.73 Å². The minimum atomic E-state index is -5.08. The Balaban J connectivity index is 0.000000705. The van der Waals surface area contributed by atoms with Crippen molar-refractivity contribution in [3.05, 3.63) is 88.3 Å². The normalized spacial score (nSPS) is 16.1. The Kier molecular flexibility index (Phi) is 12.4. The van der Waals surface area contributed by atoms with Crippen LogP contribution in [0.5, 0.6) is 5.75 Å². The lowest BCUT2D eigenvalue weighted by Crippen LogP contribution is -2.58. The highest BCUT2D eigenvalue weighted by Gasteiger charge is 2.49. The molecule has 2 aliphatic rings. The second kappa shape index (κ2) is 16.6. The number of aliphatic carboxylic acids is 1. The summed E-state index contributed by atoms with van der Waals surface area (Å²) in [6, 6.07) is 17.0. The number of alkyl halides is 5. The second-order valence-electron chi connectivity index (χ2n) is 12.7. The first-order valence-corrected chi connectivity index (χ1v) is 17.9. The van der Waals surface area contributed by atoms with Gasteiger partial charge in [-0.25, -0.2) is 4.79 Å². The number of carbonyl (C=O) groups excluding carboxylic acids is 3.